The molecule has 6 heteroatoms. The Bertz CT molecular complexity index is 1170. The van der Waals surface area contributed by atoms with Crippen LogP contribution in [-0.4, -0.2) is 72.9 Å². The highest BCUT2D eigenvalue weighted by molar-refractivity contribution is 5.85. The van der Waals surface area contributed by atoms with Crippen molar-refractivity contribution in [3.05, 3.63) is 65.7 Å². The number of piperidine rings is 1. The third-order valence-corrected chi connectivity index (χ3v) is 10.6. The van der Waals surface area contributed by atoms with Gasteiger partial charge in [-0.1, -0.05) is 61.7 Å². The van der Waals surface area contributed by atoms with Crippen LogP contribution in [-0.2, 0) is 16.1 Å². The largest absolute Gasteiger partial charge is 0.497 e. The topological polar surface area (TPSA) is 53.1 Å². The van der Waals surface area contributed by atoms with Crippen molar-refractivity contribution < 1.29 is 14.3 Å². The van der Waals surface area contributed by atoms with Gasteiger partial charge >= 0.3 is 0 Å². The summed E-state index contributed by atoms with van der Waals surface area (Å²) in [5, 5.41) is 0. The second kappa shape index (κ2) is 12.6. The molecule has 1 spiro atoms. The maximum atomic E-state index is 13.6. The number of benzene rings is 2. The monoisotopic (exact) mass is 557 g/mol. The average Bonchev–Trinajstić information content (AvgIpc) is 3.57. The van der Waals surface area contributed by atoms with Gasteiger partial charge in [-0.25, -0.2) is 0 Å². The van der Waals surface area contributed by atoms with Gasteiger partial charge in [0.25, 0.3) is 0 Å². The molecule has 0 radical (unpaired) electrons. The molecule has 220 valence electrons. The number of nitrogens with zero attached hydrogens (tertiary/aromatic N) is 3. The summed E-state index contributed by atoms with van der Waals surface area (Å²) in [6, 6.07) is 18.9. The van der Waals surface area contributed by atoms with E-state index in [1.807, 2.05) is 12.1 Å². The second-order valence-electron chi connectivity index (χ2n) is 13.2. The fourth-order valence-electron chi connectivity index (χ4n) is 8.06. The molecule has 2 amide bonds. The van der Waals surface area contributed by atoms with E-state index in [4.69, 9.17) is 4.74 Å². The van der Waals surface area contributed by atoms with E-state index in [-0.39, 0.29) is 5.41 Å². The smallest absolute Gasteiger partial charge is 0.229 e. The van der Waals surface area contributed by atoms with Crippen LogP contribution in [0.4, 0.5) is 0 Å². The van der Waals surface area contributed by atoms with E-state index < -0.39 is 0 Å². The Hall–Kier alpha value is -2.86. The van der Waals surface area contributed by atoms with Gasteiger partial charge in [-0.2, -0.15) is 0 Å². The SMILES string of the molecule is COc1ccc(CN2CCC3(CCN(CC4CN(C(=O)CC5CCCCC5)CC4c4ccccc4)CC3)C2=O)cc1. The quantitative estimate of drug-likeness (QED) is 0.417. The van der Waals surface area contributed by atoms with Crippen LogP contribution in [0.5, 0.6) is 5.75 Å². The van der Waals surface area contributed by atoms with E-state index in [1.54, 1.807) is 7.11 Å². The Morgan fingerprint density at radius 1 is 0.902 bits per heavy atom. The van der Waals surface area contributed by atoms with Crippen molar-refractivity contribution in [2.75, 3.05) is 46.4 Å². The summed E-state index contributed by atoms with van der Waals surface area (Å²) >= 11 is 0. The highest BCUT2D eigenvalue weighted by Gasteiger charge is 2.48. The lowest BCUT2D eigenvalue weighted by molar-refractivity contribution is -0.139. The first kappa shape index (κ1) is 28.3. The fourth-order valence-corrected chi connectivity index (χ4v) is 8.06. The molecule has 6 rings (SSSR count). The first-order valence-corrected chi connectivity index (χ1v) is 16.0. The van der Waals surface area contributed by atoms with Crippen molar-refractivity contribution in [2.24, 2.45) is 17.3 Å². The molecule has 3 saturated heterocycles. The summed E-state index contributed by atoms with van der Waals surface area (Å²) in [7, 11) is 1.68. The molecular formula is C35H47N3O3. The van der Waals surface area contributed by atoms with Crippen molar-refractivity contribution in [3.63, 3.8) is 0 Å². The number of rotatable bonds is 8. The molecule has 2 aromatic carbocycles. The second-order valence-corrected chi connectivity index (χ2v) is 13.2. The molecule has 41 heavy (non-hydrogen) atoms. The number of likely N-dealkylation sites (tertiary alicyclic amines) is 3. The van der Waals surface area contributed by atoms with E-state index >= 15 is 0 Å². The molecule has 2 atom stereocenters. The van der Waals surface area contributed by atoms with Crippen molar-refractivity contribution >= 4 is 11.8 Å². The van der Waals surface area contributed by atoms with Crippen LogP contribution < -0.4 is 4.74 Å². The van der Waals surface area contributed by atoms with Gasteiger partial charge in [-0.15, -0.1) is 0 Å². The Labute approximate surface area is 246 Å². The molecule has 0 aromatic heterocycles. The van der Waals surface area contributed by atoms with Crippen LogP contribution in [0, 0.1) is 17.3 Å². The summed E-state index contributed by atoms with van der Waals surface area (Å²) in [6.45, 7) is 6.18. The number of hydrogen-bond donors (Lipinski definition) is 0. The summed E-state index contributed by atoms with van der Waals surface area (Å²) in [5.74, 6) is 2.96. The van der Waals surface area contributed by atoms with Gasteiger partial charge in [0, 0.05) is 45.1 Å². The third kappa shape index (κ3) is 6.33. The summed E-state index contributed by atoms with van der Waals surface area (Å²) < 4.78 is 5.28. The van der Waals surface area contributed by atoms with Crippen molar-refractivity contribution in [1.82, 2.24) is 14.7 Å². The summed E-state index contributed by atoms with van der Waals surface area (Å²) in [6.07, 6.45) is 9.92. The number of ether oxygens (including phenoxy) is 1. The molecule has 6 nitrogen and oxygen atoms in total. The van der Waals surface area contributed by atoms with Crippen molar-refractivity contribution in [3.8, 4) is 5.75 Å². The van der Waals surface area contributed by atoms with Crippen molar-refractivity contribution in [1.29, 1.82) is 0 Å². The summed E-state index contributed by atoms with van der Waals surface area (Å²) in [5.41, 5.74) is 2.32. The highest BCUT2D eigenvalue weighted by atomic mass is 16.5. The standard InChI is InChI=1S/C35H47N3O3/c1-41-31-14-12-28(13-15-31)23-37-21-18-35(34(37)40)16-19-36(20-17-35)24-30-25-38(26-32(30)29-10-6-3-7-11-29)33(39)22-27-8-4-2-5-9-27/h3,6-7,10-15,27,30,32H,2,4-5,8-9,16-26H2,1H3. The van der Waals surface area contributed by atoms with Gasteiger partial charge in [-0.05, 0) is 80.3 Å². The number of hydrogen-bond acceptors (Lipinski definition) is 4. The molecule has 0 bridgehead atoms. The van der Waals surface area contributed by atoms with E-state index in [2.05, 4.69) is 57.2 Å². The first-order valence-electron chi connectivity index (χ1n) is 16.0. The minimum atomic E-state index is -0.195. The minimum absolute atomic E-state index is 0.195. The number of amides is 2. The van der Waals surface area contributed by atoms with Crippen LogP contribution in [0.25, 0.3) is 0 Å². The zero-order valence-electron chi connectivity index (χ0n) is 24.8. The normalized spacial score (nSPS) is 25.2. The van der Waals surface area contributed by atoms with Gasteiger partial charge in [0.15, 0.2) is 0 Å². The maximum Gasteiger partial charge on any atom is 0.229 e. The lowest BCUT2D eigenvalue weighted by Crippen LogP contribution is -2.46. The van der Waals surface area contributed by atoms with Gasteiger partial charge in [-0.3, -0.25) is 9.59 Å². The number of carbonyl (C=O) groups excluding carboxylic acids is 2. The van der Waals surface area contributed by atoms with E-state index in [9.17, 15) is 9.59 Å². The highest BCUT2D eigenvalue weighted by Crippen LogP contribution is 2.43. The van der Waals surface area contributed by atoms with Gasteiger partial charge in [0.05, 0.1) is 12.5 Å². The average molecular weight is 558 g/mol. The zero-order chi connectivity index (χ0) is 28.2. The summed E-state index contributed by atoms with van der Waals surface area (Å²) in [4.78, 5) is 33.8. The Morgan fingerprint density at radius 3 is 2.32 bits per heavy atom. The Kier molecular flexibility index (Phi) is 8.66. The maximum absolute atomic E-state index is 13.6. The fraction of sp³-hybridized carbons (Fsp3) is 0.600. The predicted molar refractivity (Wildman–Crippen MR) is 162 cm³/mol. The molecule has 2 unspecified atom stereocenters. The minimum Gasteiger partial charge on any atom is -0.497 e. The number of carbonyl (C=O) groups is 2. The predicted octanol–water partition coefficient (Wildman–Crippen LogP) is 5.72. The van der Waals surface area contributed by atoms with E-state index in [0.29, 0.717) is 36.1 Å². The molecule has 2 aromatic rings. The van der Waals surface area contributed by atoms with Crippen LogP contribution >= 0.6 is 0 Å². The third-order valence-electron chi connectivity index (χ3n) is 10.6. The molecular weight excluding hydrogens is 510 g/mol. The number of methoxy groups -OCH3 is 1. The van der Waals surface area contributed by atoms with Crippen LogP contribution in [0.1, 0.15) is 74.8 Å². The first-order chi connectivity index (χ1) is 20.0. The van der Waals surface area contributed by atoms with Crippen LogP contribution in [0.3, 0.4) is 0 Å². The molecule has 1 aliphatic carbocycles. The van der Waals surface area contributed by atoms with Gasteiger partial charge in [0.1, 0.15) is 5.75 Å². The van der Waals surface area contributed by atoms with Gasteiger partial charge < -0.3 is 19.4 Å². The lowest BCUT2D eigenvalue weighted by atomic mass is 9.76. The van der Waals surface area contributed by atoms with Gasteiger partial charge in [0.2, 0.25) is 11.8 Å². The molecule has 0 N–H and O–H groups in total. The van der Waals surface area contributed by atoms with Crippen LogP contribution in [0.15, 0.2) is 54.6 Å². The van der Waals surface area contributed by atoms with E-state index in [0.717, 1.165) is 76.3 Å². The molecule has 4 aliphatic rings. The molecule has 3 heterocycles. The van der Waals surface area contributed by atoms with E-state index in [1.165, 1.54) is 37.7 Å². The Morgan fingerprint density at radius 2 is 1.61 bits per heavy atom. The molecule has 1 saturated carbocycles. The van der Waals surface area contributed by atoms with Crippen molar-refractivity contribution in [2.45, 2.75) is 70.3 Å². The Balaban J connectivity index is 1.06. The lowest BCUT2D eigenvalue weighted by Gasteiger charge is -2.39. The molecule has 4 fully saturated rings. The zero-order valence-corrected chi connectivity index (χ0v) is 24.8. The molecule has 3 aliphatic heterocycles. The van der Waals surface area contributed by atoms with Crippen LogP contribution in [0.2, 0.25) is 0 Å².